The summed E-state index contributed by atoms with van der Waals surface area (Å²) < 4.78 is 5.38. The molecular formula is C13H16N2O2S. The summed E-state index contributed by atoms with van der Waals surface area (Å²) in [5.41, 5.74) is 2.07. The maximum absolute atomic E-state index is 8.66. The van der Waals surface area contributed by atoms with Crippen molar-refractivity contribution >= 4 is 11.3 Å². The molecule has 2 rings (SSSR count). The predicted molar refractivity (Wildman–Crippen MR) is 72.0 cm³/mol. The quantitative estimate of drug-likeness (QED) is 0.843. The van der Waals surface area contributed by atoms with Gasteiger partial charge in [0.2, 0.25) is 5.88 Å². The molecule has 0 saturated heterocycles. The Morgan fingerprint density at radius 2 is 2.17 bits per heavy atom. The smallest absolute Gasteiger partial charge is 0.213 e. The van der Waals surface area contributed by atoms with Gasteiger partial charge in [-0.2, -0.15) is 0 Å². The van der Waals surface area contributed by atoms with Crippen LogP contribution >= 0.6 is 11.3 Å². The average molecular weight is 264 g/mol. The van der Waals surface area contributed by atoms with Crippen LogP contribution in [0.25, 0.3) is 10.6 Å². The number of aliphatic hydroxyl groups excluding tert-OH is 1. The monoisotopic (exact) mass is 264 g/mol. The Balaban J connectivity index is 2.07. The van der Waals surface area contributed by atoms with Gasteiger partial charge in [-0.25, -0.2) is 9.97 Å². The predicted octanol–water partition coefficient (Wildman–Crippen LogP) is 2.58. The van der Waals surface area contributed by atoms with Crippen LogP contribution in [0, 0.1) is 13.8 Å². The van der Waals surface area contributed by atoms with Gasteiger partial charge in [0.15, 0.2) is 0 Å². The first kappa shape index (κ1) is 13.0. The molecule has 0 fully saturated rings. The summed E-state index contributed by atoms with van der Waals surface area (Å²) in [6, 6.07) is 3.79. The van der Waals surface area contributed by atoms with Crippen molar-refractivity contribution in [2.75, 3.05) is 13.2 Å². The first-order valence-electron chi connectivity index (χ1n) is 5.85. The van der Waals surface area contributed by atoms with Crippen molar-refractivity contribution < 1.29 is 9.84 Å². The van der Waals surface area contributed by atoms with Gasteiger partial charge in [-0.1, -0.05) is 0 Å². The Labute approximate surface area is 110 Å². The third-order valence-corrected chi connectivity index (χ3v) is 3.69. The highest BCUT2D eigenvalue weighted by Crippen LogP contribution is 2.27. The number of ether oxygens (including phenoxy) is 1. The van der Waals surface area contributed by atoms with Crippen molar-refractivity contribution in [1.29, 1.82) is 0 Å². The highest BCUT2D eigenvalue weighted by atomic mass is 32.1. The number of hydrogen-bond donors (Lipinski definition) is 1. The lowest BCUT2D eigenvalue weighted by Crippen LogP contribution is -2.00. The molecule has 0 amide bonds. The van der Waals surface area contributed by atoms with Crippen LogP contribution in [-0.4, -0.2) is 28.3 Å². The van der Waals surface area contributed by atoms with E-state index in [1.54, 1.807) is 17.5 Å². The summed E-state index contributed by atoms with van der Waals surface area (Å²) in [5.74, 6) is 0.581. The van der Waals surface area contributed by atoms with Gasteiger partial charge in [-0.05, 0) is 19.9 Å². The van der Waals surface area contributed by atoms with E-state index in [0.29, 0.717) is 18.9 Å². The second kappa shape index (κ2) is 5.93. The van der Waals surface area contributed by atoms with E-state index in [1.165, 1.54) is 4.88 Å². The summed E-state index contributed by atoms with van der Waals surface area (Å²) in [5, 5.41) is 9.64. The largest absolute Gasteiger partial charge is 0.478 e. The first-order chi connectivity index (χ1) is 8.70. The number of nitrogens with zero attached hydrogens (tertiary/aromatic N) is 2. The van der Waals surface area contributed by atoms with E-state index < -0.39 is 0 Å². The van der Waals surface area contributed by atoms with Gasteiger partial charge in [-0.15, -0.1) is 11.3 Å². The minimum Gasteiger partial charge on any atom is -0.478 e. The van der Waals surface area contributed by atoms with E-state index >= 15 is 0 Å². The molecule has 2 aromatic rings. The van der Waals surface area contributed by atoms with Crippen molar-refractivity contribution in [1.82, 2.24) is 9.97 Å². The fourth-order valence-electron chi connectivity index (χ4n) is 1.43. The molecule has 5 heteroatoms. The van der Waals surface area contributed by atoms with E-state index in [4.69, 9.17) is 9.84 Å². The molecule has 2 heterocycles. The molecule has 0 atom stereocenters. The van der Waals surface area contributed by atoms with Crippen molar-refractivity contribution in [2.45, 2.75) is 20.3 Å². The summed E-state index contributed by atoms with van der Waals surface area (Å²) in [7, 11) is 0. The van der Waals surface area contributed by atoms with Crippen LogP contribution in [0.2, 0.25) is 0 Å². The molecule has 96 valence electrons. The van der Waals surface area contributed by atoms with E-state index in [1.807, 2.05) is 19.1 Å². The minimum absolute atomic E-state index is 0.135. The average Bonchev–Trinajstić information content (AvgIpc) is 2.71. The molecule has 0 radical (unpaired) electrons. The number of hydrogen-bond acceptors (Lipinski definition) is 5. The van der Waals surface area contributed by atoms with Crippen LogP contribution in [0.1, 0.15) is 17.0 Å². The van der Waals surface area contributed by atoms with Crippen molar-refractivity contribution in [3.05, 3.63) is 28.9 Å². The van der Waals surface area contributed by atoms with Crippen molar-refractivity contribution in [2.24, 2.45) is 0 Å². The molecule has 0 aliphatic heterocycles. The number of aromatic nitrogens is 2. The van der Waals surface area contributed by atoms with Crippen LogP contribution in [-0.2, 0) is 0 Å². The second-order valence-corrected chi connectivity index (χ2v) is 5.17. The zero-order valence-electron chi connectivity index (χ0n) is 10.5. The fraction of sp³-hybridized carbons (Fsp3) is 0.385. The van der Waals surface area contributed by atoms with E-state index in [2.05, 4.69) is 16.9 Å². The van der Waals surface area contributed by atoms with Crippen LogP contribution in [0.5, 0.6) is 5.88 Å². The Hall–Kier alpha value is -1.46. The molecule has 0 saturated carbocycles. The first-order valence-corrected chi connectivity index (χ1v) is 6.66. The van der Waals surface area contributed by atoms with Crippen molar-refractivity contribution in [3.8, 4) is 16.5 Å². The molecule has 0 bridgehead atoms. The second-order valence-electron chi connectivity index (χ2n) is 3.97. The minimum atomic E-state index is 0.135. The fourth-order valence-corrected chi connectivity index (χ4v) is 2.33. The van der Waals surface area contributed by atoms with Crippen LogP contribution in [0.15, 0.2) is 18.3 Å². The van der Waals surface area contributed by atoms with Crippen LogP contribution in [0.3, 0.4) is 0 Å². The number of pyridine rings is 1. The highest BCUT2D eigenvalue weighted by molar-refractivity contribution is 7.15. The van der Waals surface area contributed by atoms with E-state index in [0.717, 1.165) is 16.3 Å². The number of thiazole rings is 1. The van der Waals surface area contributed by atoms with Gasteiger partial charge in [0.05, 0.1) is 12.3 Å². The van der Waals surface area contributed by atoms with Gasteiger partial charge < -0.3 is 9.84 Å². The summed E-state index contributed by atoms with van der Waals surface area (Å²) >= 11 is 1.67. The lowest BCUT2D eigenvalue weighted by molar-refractivity contribution is 0.229. The van der Waals surface area contributed by atoms with Gasteiger partial charge in [-0.3, -0.25) is 0 Å². The third-order valence-electron chi connectivity index (χ3n) is 2.56. The number of aryl methyl sites for hydroxylation is 2. The highest BCUT2D eigenvalue weighted by Gasteiger charge is 2.06. The summed E-state index contributed by atoms with van der Waals surface area (Å²) in [4.78, 5) is 9.95. The van der Waals surface area contributed by atoms with E-state index in [-0.39, 0.29) is 6.61 Å². The maximum Gasteiger partial charge on any atom is 0.213 e. The molecule has 4 nitrogen and oxygen atoms in total. The normalized spacial score (nSPS) is 10.6. The van der Waals surface area contributed by atoms with Gasteiger partial charge in [0.1, 0.15) is 5.01 Å². The molecule has 1 N–H and O–H groups in total. The molecule has 0 aliphatic rings. The molecule has 0 spiro atoms. The Bertz CT molecular complexity index is 489. The molecule has 18 heavy (non-hydrogen) atoms. The van der Waals surface area contributed by atoms with Gasteiger partial charge >= 0.3 is 0 Å². The Kier molecular flexibility index (Phi) is 4.28. The molecular weight excluding hydrogens is 248 g/mol. The topological polar surface area (TPSA) is 55.2 Å². The van der Waals surface area contributed by atoms with Crippen LogP contribution in [0.4, 0.5) is 0 Å². The van der Waals surface area contributed by atoms with Gasteiger partial charge in [0.25, 0.3) is 0 Å². The molecule has 2 aromatic heterocycles. The van der Waals surface area contributed by atoms with Gasteiger partial charge in [0, 0.05) is 35.7 Å². The van der Waals surface area contributed by atoms with Crippen molar-refractivity contribution in [3.63, 3.8) is 0 Å². The third kappa shape index (κ3) is 3.05. The number of aliphatic hydroxyl groups is 1. The lowest BCUT2D eigenvalue weighted by atomic mass is 10.3. The number of rotatable bonds is 5. The molecule has 0 aliphatic carbocycles. The zero-order chi connectivity index (χ0) is 13.0. The molecule has 0 unspecified atom stereocenters. The maximum atomic E-state index is 8.66. The SMILES string of the molecule is Cc1nc(-c2ccc(OCCCO)nc2)sc1C. The zero-order valence-corrected chi connectivity index (χ0v) is 11.3. The lowest BCUT2D eigenvalue weighted by Gasteiger charge is -2.03. The summed E-state index contributed by atoms with van der Waals surface area (Å²) in [6.45, 7) is 4.69. The standard InChI is InChI=1S/C13H16N2O2S/c1-9-10(2)18-13(15-9)11-4-5-12(14-8-11)17-7-3-6-16/h4-5,8,16H,3,6-7H2,1-2H3. The van der Waals surface area contributed by atoms with E-state index in [9.17, 15) is 0 Å². The Morgan fingerprint density at radius 1 is 1.33 bits per heavy atom. The summed E-state index contributed by atoms with van der Waals surface area (Å²) in [6.07, 6.45) is 2.39. The Morgan fingerprint density at radius 3 is 2.72 bits per heavy atom. The van der Waals surface area contributed by atoms with Crippen LogP contribution < -0.4 is 4.74 Å². The molecule has 0 aromatic carbocycles.